The Bertz CT molecular complexity index is 1830. The van der Waals surface area contributed by atoms with Crippen LogP contribution in [0.25, 0.3) is 16.0 Å². The fourth-order valence-electron chi connectivity index (χ4n) is 4.48. The highest BCUT2D eigenvalue weighted by molar-refractivity contribution is 7.92. The monoisotopic (exact) mass is 625 g/mol. The van der Waals surface area contributed by atoms with Crippen molar-refractivity contribution in [1.29, 1.82) is 0 Å². The Morgan fingerprint density at radius 1 is 1.36 bits per heavy atom. The summed E-state index contributed by atoms with van der Waals surface area (Å²) < 4.78 is 59.1. The van der Waals surface area contributed by atoms with Gasteiger partial charge in [-0.05, 0) is 26.0 Å². The Morgan fingerprint density at radius 2 is 2.05 bits per heavy atom. The third kappa shape index (κ3) is 5.94. The van der Waals surface area contributed by atoms with Gasteiger partial charge in [0.15, 0.2) is 27.6 Å². The van der Waals surface area contributed by atoms with Crippen LogP contribution in [-0.2, 0) is 14.6 Å². The molecule has 0 aliphatic carbocycles. The molecule has 1 aliphatic rings. The minimum atomic E-state index is -4.64. The summed E-state index contributed by atoms with van der Waals surface area (Å²) in [7, 11) is -3.21. The molecule has 3 N–H and O–H groups in total. The smallest absolute Gasteiger partial charge is 0.381 e. The number of fused-ring (bicyclic) bond motifs is 2. The molecule has 2 atom stereocenters. The molecule has 13 nitrogen and oxygen atoms in total. The van der Waals surface area contributed by atoms with Crippen molar-refractivity contribution >= 4 is 62.2 Å². The number of hydrogen-bond donors (Lipinski definition) is 2. The molecule has 1 fully saturated rings. The minimum absolute atomic E-state index is 0.0204. The molecule has 18 heteroatoms. The molecule has 4 aromatic rings. The number of aldehydes is 1. The van der Waals surface area contributed by atoms with E-state index in [1.807, 2.05) is 4.90 Å². The van der Waals surface area contributed by atoms with Crippen LogP contribution in [0.4, 0.5) is 30.6 Å². The van der Waals surface area contributed by atoms with Gasteiger partial charge >= 0.3 is 6.18 Å². The SMILES string of the molecule is O=CC(F)(F)F.[C-]#[N+]c1ncn2c(N3CCS(=O)(=O)C(C)C3)c(C(C)NC(=O)c3c(N)nn4cccnc34)cc(Cl)c12. The van der Waals surface area contributed by atoms with Crippen LogP contribution in [0.2, 0.25) is 5.02 Å². The molecule has 1 amide bonds. The van der Waals surface area contributed by atoms with Crippen molar-refractivity contribution in [1.82, 2.24) is 29.3 Å². The van der Waals surface area contributed by atoms with Gasteiger partial charge in [0.2, 0.25) is 6.29 Å². The molecule has 0 spiro atoms. The molecule has 1 aliphatic heterocycles. The Labute approximate surface area is 241 Å². The van der Waals surface area contributed by atoms with Crippen LogP contribution < -0.4 is 16.0 Å². The minimum Gasteiger partial charge on any atom is -0.381 e. The van der Waals surface area contributed by atoms with E-state index in [1.54, 1.807) is 42.8 Å². The van der Waals surface area contributed by atoms with E-state index in [0.717, 1.165) is 0 Å². The fraction of sp³-hybridized carbons (Fsp3) is 0.333. The van der Waals surface area contributed by atoms with Gasteiger partial charge in [0.25, 0.3) is 11.7 Å². The first-order valence-corrected chi connectivity index (χ1v) is 14.2. The van der Waals surface area contributed by atoms with Gasteiger partial charge in [0.05, 0.1) is 27.6 Å². The van der Waals surface area contributed by atoms with Gasteiger partial charge in [0.1, 0.15) is 11.4 Å². The third-order valence-corrected chi connectivity index (χ3v) is 8.90. The third-order valence-electron chi connectivity index (χ3n) is 6.48. The first kappa shape index (κ1) is 30.5. The number of nitrogens with one attached hydrogen (secondary N) is 1. The zero-order chi connectivity index (χ0) is 31.0. The van der Waals surface area contributed by atoms with Crippen LogP contribution in [0.15, 0.2) is 30.9 Å². The number of carbonyl (C=O) groups excluding carboxylic acids is 2. The lowest BCUT2D eigenvalue weighted by atomic mass is 10.1. The number of pyridine rings is 1. The molecule has 222 valence electrons. The van der Waals surface area contributed by atoms with Crippen LogP contribution in [0.5, 0.6) is 0 Å². The van der Waals surface area contributed by atoms with Crippen molar-refractivity contribution in [2.75, 3.05) is 29.5 Å². The summed E-state index contributed by atoms with van der Waals surface area (Å²) in [5, 5.41) is 6.77. The van der Waals surface area contributed by atoms with Gasteiger partial charge < -0.3 is 20.8 Å². The Morgan fingerprint density at radius 3 is 2.67 bits per heavy atom. The lowest BCUT2D eigenvalue weighted by molar-refractivity contribution is -0.156. The molecule has 2 unspecified atom stereocenters. The van der Waals surface area contributed by atoms with Gasteiger partial charge in [-0.15, -0.1) is 10.1 Å². The van der Waals surface area contributed by atoms with E-state index < -0.39 is 39.5 Å². The van der Waals surface area contributed by atoms with E-state index in [2.05, 4.69) is 25.2 Å². The topological polar surface area (TPSA) is 161 Å². The number of nitrogens with two attached hydrogens (primary N) is 1. The maximum atomic E-state index is 13.3. The van der Waals surface area contributed by atoms with Crippen LogP contribution in [0, 0.1) is 6.57 Å². The van der Waals surface area contributed by atoms with E-state index in [0.29, 0.717) is 22.5 Å². The number of alkyl halides is 3. The van der Waals surface area contributed by atoms with Gasteiger partial charge in [-0.3, -0.25) is 14.0 Å². The summed E-state index contributed by atoms with van der Waals surface area (Å²) in [6.45, 7) is 11.4. The summed E-state index contributed by atoms with van der Waals surface area (Å²) >= 11 is 6.58. The van der Waals surface area contributed by atoms with Gasteiger partial charge in [0, 0.05) is 31.0 Å². The number of aromatic nitrogens is 5. The quantitative estimate of drug-likeness (QED) is 0.256. The van der Waals surface area contributed by atoms with E-state index in [4.69, 9.17) is 28.7 Å². The second-order valence-electron chi connectivity index (χ2n) is 9.30. The van der Waals surface area contributed by atoms with Gasteiger partial charge in [-0.2, -0.15) is 13.2 Å². The number of sulfone groups is 1. The predicted octanol–water partition coefficient (Wildman–Crippen LogP) is 3.03. The maximum absolute atomic E-state index is 13.3. The average molecular weight is 626 g/mol. The standard InChI is InChI=1S/C22H22ClN9O3S.C2HF3O/c1-12-10-30(7-8-36(12,34)35)22-14(9-15(23)17-19(25-3)27-11-31(17)22)13(2)28-21(33)16-18(24)29-32-6-4-5-26-20(16)32;3-2(4,5)1-6/h4-6,9,11-13H,7-8,10H2,1-2H3,(H2,24,29)(H,28,33);1H. The highest BCUT2D eigenvalue weighted by atomic mass is 35.5. The number of nitrogen functional groups attached to an aromatic ring is 1. The summed E-state index contributed by atoms with van der Waals surface area (Å²) in [6, 6.07) is 2.77. The molecule has 0 bridgehead atoms. The van der Waals surface area contributed by atoms with E-state index in [1.165, 1.54) is 10.8 Å². The van der Waals surface area contributed by atoms with E-state index in [-0.39, 0.29) is 41.1 Å². The van der Waals surface area contributed by atoms with Crippen molar-refractivity contribution in [3.05, 3.63) is 58.4 Å². The van der Waals surface area contributed by atoms with Crippen LogP contribution in [0.1, 0.15) is 35.8 Å². The van der Waals surface area contributed by atoms with Crippen molar-refractivity contribution in [2.45, 2.75) is 31.3 Å². The maximum Gasteiger partial charge on any atom is 0.446 e. The largest absolute Gasteiger partial charge is 0.446 e. The van der Waals surface area contributed by atoms with Crippen LogP contribution >= 0.6 is 11.6 Å². The molecular weight excluding hydrogens is 603 g/mol. The molecule has 4 aromatic heterocycles. The number of imidazole rings is 1. The number of hydrogen-bond acceptors (Lipinski definition) is 9. The zero-order valence-corrected chi connectivity index (χ0v) is 23.6. The Kier molecular flexibility index (Phi) is 8.32. The van der Waals surface area contributed by atoms with Gasteiger partial charge in [-0.25, -0.2) is 17.9 Å². The van der Waals surface area contributed by atoms with Gasteiger partial charge in [-0.1, -0.05) is 18.2 Å². The fourth-order valence-corrected chi connectivity index (χ4v) is 6.06. The second kappa shape index (κ2) is 11.4. The predicted molar refractivity (Wildman–Crippen MR) is 147 cm³/mol. The average Bonchev–Trinajstić information content (AvgIpc) is 3.51. The normalized spacial score (nSPS) is 17.3. The number of rotatable bonds is 4. The highest BCUT2D eigenvalue weighted by Crippen LogP contribution is 2.37. The molecule has 0 saturated carbocycles. The van der Waals surface area contributed by atoms with Crippen LogP contribution in [-0.4, -0.2) is 74.9 Å². The molecule has 5 rings (SSSR count). The Hall–Kier alpha value is -4.43. The first-order valence-electron chi connectivity index (χ1n) is 12.1. The van der Waals surface area contributed by atoms with E-state index >= 15 is 0 Å². The van der Waals surface area contributed by atoms with Crippen molar-refractivity contribution in [3.8, 4) is 0 Å². The number of carbonyl (C=O) groups is 2. The summed E-state index contributed by atoms with van der Waals surface area (Å²) in [4.78, 5) is 35.8. The molecule has 42 heavy (non-hydrogen) atoms. The summed E-state index contributed by atoms with van der Waals surface area (Å²) in [6.07, 6.45) is -1.03. The molecule has 1 saturated heterocycles. The lowest BCUT2D eigenvalue weighted by Gasteiger charge is -2.35. The zero-order valence-electron chi connectivity index (χ0n) is 22.0. The molecule has 0 aromatic carbocycles. The van der Waals surface area contributed by atoms with Crippen molar-refractivity contribution in [3.63, 3.8) is 0 Å². The first-order chi connectivity index (χ1) is 19.7. The number of anilines is 2. The lowest BCUT2D eigenvalue weighted by Crippen LogP contribution is -2.46. The summed E-state index contributed by atoms with van der Waals surface area (Å²) in [5.74, 6) is 0.286. The number of halogens is 4. The number of amides is 1. The van der Waals surface area contributed by atoms with Crippen LogP contribution in [0.3, 0.4) is 0 Å². The van der Waals surface area contributed by atoms with Crippen molar-refractivity contribution < 1.29 is 31.2 Å². The molecule has 5 heterocycles. The molecular formula is C24H23ClF3N9O4S. The van der Waals surface area contributed by atoms with E-state index in [9.17, 15) is 26.4 Å². The highest BCUT2D eigenvalue weighted by Gasteiger charge is 2.33. The van der Waals surface area contributed by atoms with Crippen molar-refractivity contribution in [2.24, 2.45) is 0 Å². The number of nitrogens with zero attached hydrogens (tertiary/aromatic N) is 7. The molecule has 0 radical (unpaired) electrons. The Balaban J connectivity index is 0.000000612. The second-order valence-corrected chi connectivity index (χ2v) is 12.2. The summed E-state index contributed by atoms with van der Waals surface area (Å²) in [5.41, 5.74) is 7.52.